The number of carbonyl (C=O) groups excluding carboxylic acids is 2. The minimum absolute atomic E-state index is 0.342. The fourth-order valence-corrected chi connectivity index (χ4v) is 2.16. The van der Waals surface area contributed by atoms with Crippen LogP contribution in [-0.4, -0.2) is 28.3 Å². The molecule has 126 valence electrons. The molecule has 0 radical (unpaired) electrons. The first-order valence-electron chi connectivity index (χ1n) is 7.58. The molecule has 0 aliphatic rings. The van der Waals surface area contributed by atoms with Gasteiger partial charge in [0.15, 0.2) is 6.61 Å². The Balaban J connectivity index is 1.85. The van der Waals surface area contributed by atoms with Gasteiger partial charge in [0.05, 0.1) is 17.1 Å². The largest absolute Gasteiger partial charge is 0.452 e. The minimum atomic E-state index is -0.564. The topological polar surface area (TPSA) is 73.2 Å². The van der Waals surface area contributed by atoms with E-state index in [2.05, 4.69) is 10.4 Å². The summed E-state index contributed by atoms with van der Waals surface area (Å²) in [5, 5.41) is 6.92. The highest BCUT2D eigenvalue weighted by molar-refractivity contribution is 5.95. The Morgan fingerprint density at radius 1 is 1.21 bits per heavy atom. The number of hydrogen-bond donors (Lipinski definition) is 1. The van der Waals surface area contributed by atoms with E-state index in [1.165, 1.54) is 6.08 Å². The maximum atomic E-state index is 11.9. The van der Waals surface area contributed by atoms with E-state index in [1.54, 1.807) is 24.7 Å². The number of aromatic nitrogens is 2. The second-order valence-electron chi connectivity index (χ2n) is 5.57. The number of esters is 1. The molecule has 0 saturated heterocycles. The highest BCUT2D eigenvalue weighted by Crippen LogP contribution is 2.17. The van der Waals surface area contributed by atoms with Gasteiger partial charge in [0.25, 0.3) is 5.91 Å². The second-order valence-corrected chi connectivity index (χ2v) is 5.57. The summed E-state index contributed by atoms with van der Waals surface area (Å²) in [6, 6.07) is 7.72. The summed E-state index contributed by atoms with van der Waals surface area (Å²) >= 11 is 0. The van der Waals surface area contributed by atoms with Crippen LogP contribution in [0.3, 0.4) is 0 Å². The van der Waals surface area contributed by atoms with Gasteiger partial charge in [-0.15, -0.1) is 0 Å². The molecule has 0 saturated carbocycles. The van der Waals surface area contributed by atoms with Gasteiger partial charge in [-0.1, -0.05) is 29.8 Å². The van der Waals surface area contributed by atoms with Crippen LogP contribution in [0, 0.1) is 20.8 Å². The highest BCUT2D eigenvalue weighted by atomic mass is 16.5. The molecule has 0 aliphatic carbocycles. The van der Waals surface area contributed by atoms with E-state index in [1.807, 2.05) is 38.1 Å². The Labute approximate surface area is 141 Å². The van der Waals surface area contributed by atoms with E-state index in [-0.39, 0.29) is 6.61 Å². The third kappa shape index (κ3) is 4.55. The molecule has 6 nitrogen and oxygen atoms in total. The quantitative estimate of drug-likeness (QED) is 0.676. The minimum Gasteiger partial charge on any atom is -0.452 e. The number of nitrogens with one attached hydrogen (secondary N) is 1. The van der Waals surface area contributed by atoms with E-state index >= 15 is 0 Å². The number of aryl methyl sites for hydroxylation is 3. The Kier molecular flexibility index (Phi) is 5.52. The van der Waals surface area contributed by atoms with Crippen molar-refractivity contribution in [2.75, 3.05) is 11.9 Å². The van der Waals surface area contributed by atoms with Crippen LogP contribution < -0.4 is 5.32 Å². The molecule has 0 spiro atoms. The SMILES string of the molecule is Cc1ccc(/C=C/C(=O)OCC(=O)Nc2c(C)nn(C)c2C)cc1. The molecule has 1 N–H and O–H groups in total. The summed E-state index contributed by atoms with van der Waals surface area (Å²) in [5.41, 5.74) is 4.24. The van der Waals surface area contributed by atoms with Crippen LogP contribution in [-0.2, 0) is 21.4 Å². The smallest absolute Gasteiger partial charge is 0.331 e. The second kappa shape index (κ2) is 7.59. The predicted molar refractivity (Wildman–Crippen MR) is 92.5 cm³/mol. The molecule has 1 aromatic carbocycles. The molecule has 1 aromatic heterocycles. The summed E-state index contributed by atoms with van der Waals surface area (Å²) in [5.74, 6) is -0.961. The molecule has 2 rings (SSSR count). The van der Waals surface area contributed by atoms with Crippen LogP contribution in [0.5, 0.6) is 0 Å². The molecule has 2 aromatic rings. The lowest BCUT2D eigenvalue weighted by Crippen LogP contribution is -2.20. The van der Waals surface area contributed by atoms with Crippen molar-refractivity contribution in [2.45, 2.75) is 20.8 Å². The molecule has 6 heteroatoms. The fourth-order valence-electron chi connectivity index (χ4n) is 2.16. The van der Waals surface area contributed by atoms with Crippen LogP contribution in [0.25, 0.3) is 6.08 Å². The lowest BCUT2D eigenvalue weighted by Gasteiger charge is -2.05. The van der Waals surface area contributed by atoms with Gasteiger partial charge in [0, 0.05) is 13.1 Å². The van der Waals surface area contributed by atoms with E-state index in [0.717, 1.165) is 16.8 Å². The third-order valence-corrected chi connectivity index (χ3v) is 3.61. The van der Waals surface area contributed by atoms with Gasteiger partial charge >= 0.3 is 5.97 Å². The van der Waals surface area contributed by atoms with Gasteiger partial charge in [0.1, 0.15) is 0 Å². The summed E-state index contributed by atoms with van der Waals surface area (Å²) in [7, 11) is 1.80. The number of rotatable bonds is 5. The Hall–Kier alpha value is -2.89. The van der Waals surface area contributed by atoms with Gasteiger partial charge in [0.2, 0.25) is 0 Å². The number of anilines is 1. The summed E-state index contributed by atoms with van der Waals surface area (Å²) in [4.78, 5) is 23.6. The lowest BCUT2D eigenvalue weighted by molar-refractivity contribution is -0.142. The first-order chi connectivity index (χ1) is 11.4. The summed E-state index contributed by atoms with van der Waals surface area (Å²) in [6.45, 7) is 5.31. The summed E-state index contributed by atoms with van der Waals surface area (Å²) < 4.78 is 6.62. The van der Waals surface area contributed by atoms with Gasteiger partial charge in [-0.05, 0) is 32.4 Å². The zero-order valence-corrected chi connectivity index (χ0v) is 14.3. The Morgan fingerprint density at radius 3 is 2.46 bits per heavy atom. The van der Waals surface area contributed by atoms with Gasteiger partial charge < -0.3 is 10.1 Å². The molecule has 1 amide bonds. The van der Waals surface area contributed by atoms with Crippen molar-refractivity contribution in [3.8, 4) is 0 Å². The average Bonchev–Trinajstić information content (AvgIpc) is 2.78. The zero-order valence-electron chi connectivity index (χ0n) is 14.3. The van der Waals surface area contributed by atoms with Gasteiger partial charge in [-0.25, -0.2) is 4.79 Å². The van der Waals surface area contributed by atoms with E-state index in [0.29, 0.717) is 11.4 Å². The van der Waals surface area contributed by atoms with Crippen molar-refractivity contribution in [3.63, 3.8) is 0 Å². The molecular weight excluding hydrogens is 306 g/mol. The van der Waals surface area contributed by atoms with Crippen LogP contribution in [0.2, 0.25) is 0 Å². The first kappa shape index (κ1) is 17.5. The maximum Gasteiger partial charge on any atom is 0.331 e. The molecule has 0 unspecified atom stereocenters. The number of amides is 1. The monoisotopic (exact) mass is 327 g/mol. The predicted octanol–water partition coefficient (Wildman–Crippen LogP) is 2.54. The number of ether oxygens (including phenoxy) is 1. The first-order valence-corrected chi connectivity index (χ1v) is 7.58. The normalized spacial score (nSPS) is 10.8. The fraction of sp³-hybridized carbons (Fsp3) is 0.278. The van der Waals surface area contributed by atoms with E-state index in [4.69, 9.17) is 4.74 Å². The van der Waals surface area contributed by atoms with Crippen LogP contribution in [0.4, 0.5) is 5.69 Å². The number of benzene rings is 1. The lowest BCUT2D eigenvalue weighted by atomic mass is 10.1. The molecule has 24 heavy (non-hydrogen) atoms. The van der Waals surface area contributed by atoms with Crippen molar-refractivity contribution in [3.05, 3.63) is 52.9 Å². The molecule has 0 fully saturated rings. The molecule has 0 aliphatic heterocycles. The van der Waals surface area contributed by atoms with Crippen molar-refractivity contribution < 1.29 is 14.3 Å². The summed E-state index contributed by atoms with van der Waals surface area (Å²) in [6.07, 6.45) is 2.95. The molecule has 0 atom stereocenters. The Bertz CT molecular complexity index is 774. The maximum absolute atomic E-state index is 11.9. The van der Waals surface area contributed by atoms with Crippen LogP contribution in [0.15, 0.2) is 30.3 Å². The molecular formula is C18H21N3O3. The highest BCUT2D eigenvalue weighted by Gasteiger charge is 2.13. The number of carbonyl (C=O) groups is 2. The van der Waals surface area contributed by atoms with Crippen molar-refractivity contribution in [1.29, 1.82) is 0 Å². The molecule has 0 bridgehead atoms. The van der Waals surface area contributed by atoms with E-state index in [9.17, 15) is 9.59 Å². The number of hydrogen-bond acceptors (Lipinski definition) is 4. The molecule has 1 heterocycles. The Morgan fingerprint density at radius 2 is 1.88 bits per heavy atom. The van der Waals surface area contributed by atoms with Crippen LogP contribution >= 0.6 is 0 Å². The average molecular weight is 327 g/mol. The van der Waals surface area contributed by atoms with Crippen molar-refractivity contribution >= 4 is 23.6 Å². The van der Waals surface area contributed by atoms with Crippen LogP contribution in [0.1, 0.15) is 22.5 Å². The van der Waals surface area contributed by atoms with Crippen molar-refractivity contribution in [2.24, 2.45) is 7.05 Å². The van der Waals surface area contributed by atoms with Gasteiger partial charge in [-0.3, -0.25) is 9.48 Å². The zero-order chi connectivity index (χ0) is 17.7. The van der Waals surface area contributed by atoms with Crippen molar-refractivity contribution in [1.82, 2.24) is 9.78 Å². The standard InChI is InChI=1S/C18H21N3O3/c1-12-5-7-15(8-6-12)9-10-17(23)24-11-16(22)19-18-13(2)20-21(4)14(18)3/h5-10H,11H2,1-4H3,(H,19,22)/b10-9+. The van der Waals surface area contributed by atoms with Gasteiger partial charge in [-0.2, -0.15) is 5.10 Å². The van der Waals surface area contributed by atoms with E-state index < -0.39 is 11.9 Å². The number of nitrogens with zero attached hydrogens (tertiary/aromatic N) is 2. The third-order valence-electron chi connectivity index (χ3n) is 3.61.